The third kappa shape index (κ3) is 6.04. The quantitative estimate of drug-likeness (QED) is 0.159. The van der Waals surface area contributed by atoms with E-state index in [9.17, 15) is 0 Å². The fraction of sp³-hybridized carbons (Fsp3) is 0.135. The van der Waals surface area contributed by atoms with Gasteiger partial charge in [0.25, 0.3) is 0 Å². The molecule has 0 fully saturated rings. The van der Waals surface area contributed by atoms with Gasteiger partial charge < -0.3 is 19.1 Å². The van der Waals surface area contributed by atoms with Crippen LogP contribution in [0.4, 0.5) is 41.7 Å². The number of hydrogen-bond acceptors (Lipinski definition) is 5. The number of hydrogen-bond donors (Lipinski definition) is 0. The highest BCUT2D eigenvalue weighted by atomic mass is 19.2. The Labute approximate surface area is 266 Å². The van der Waals surface area contributed by atoms with E-state index >= 15 is 13.2 Å². The van der Waals surface area contributed by atoms with Crippen LogP contribution < -0.4 is 14.5 Å². The number of rotatable bonds is 8. The number of halogens is 3. The van der Waals surface area contributed by atoms with Crippen molar-refractivity contribution in [3.63, 3.8) is 0 Å². The summed E-state index contributed by atoms with van der Waals surface area (Å²) < 4.78 is 53.1. The lowest BCUT2D eigenvalue weighted by Crippen LogP contribution is -2.38. The molecular formula is C37H32F3N5O. The minimum absolute atomic E-state index is 0.129. The SMILES string of the molecule is Cn1ccnc1-c1cc(Oc2cc(N(c3ccccc3)c3ccccc3)cc(N(c3ccccn3)C(C)(C)C)c2)c(F)c(F)c1F. The monoisotopic (exact) mass is 619 g/mol. The molecule has 0 saturated carbocycles. The molecule has 0 bridgehead atoms. The first-order valence-corrected chi connectivity index (χ1v) is 14.7. The van der Waals surface area contributed by atoms with E-state index in [-0.39, 0.29) is 17.1 Å². The summed E-state index contributed by atoms with van der Waals surface area (Å²) in [4.78, 5) is 12.8. The first kappa shape index (κ1) is 30.5. The summed E-state index contributed by atoms with van der Waals surface area (Å²) in [5.74, 6) is -3.91. The van der Waals surface area contributed by atoms with Crippen molar-refractivity contribution in [2.75, 3.05) is 9.80 Å². The molecule has 0 atom stereocenters. The molecule has 6 aromatic rings. The fourth-order valence-electron chi connectivity index (χ4n) is 5.41. The molecule has 0 aliphatic rings. The van der Waals surface area contributed by atoms with Crippen LogP contribution in [0.5, 0.6) is 11.5 Å². The Morgan fingerprint density at radius 2 is 1.28 bits per heavy atom. The molecular weight excluding hydrogens is 587 g/mol. The van der Waals surface area contributed by atoms with E-state index in [1.165, 1.54) is 10.8 Å². The van der Waals surface area contributed by atoms with Crippen LogP contribution in [0.25, 0.3) is 11.4 Å². The average Bonchev–Trinajstić information content (AvgIpc) is 3.48. The summed E-state index contributed by atoms with van der Waals surface area (Å²) in [6.07, 6.45) is 4.75. The first-order valence-electron chi connectivity index (χ1n) is 14.7. The van der Waals surface area contributed by atoms with Crippen molar-refractivity contribution >= 4 is 28.6 Å². The molecule has 0 amide bonds. The Hall–Kier alpha value is -5.57. The van der Waals surface area contributed by atoms with Gasteiger partial charge in [0.2, 0.25) is 5.82 Å². The molecule has 6 rings (SSSR count). The molecule has 0 aliphatic carbocycles. The summed E-state index contributed by atoms with van der Waals surface area (Å²) in [5, 5.41) is 0. The molecule has 6 nitrogen and oxygen atoms in total. The molecule has 0 radical (unpaired) electrons. The van der Waals surface area contributed by atoms with Gasteiger partial charge in [-0.2, -0.15) is 4.39 Å². The smallest absolute Gasteiger partial charge is 0.204 e. The van der Waals surface area contributed by atoms with Crippen molar-refractivity contribution in [1.29, 1.82) is 0 Å². The van der Waals surface area contributed by atoms with E-state index in [2.05, 4.69) is 30.7 Å². The van der Waals surface area contributed by atoms with E-state index in [0.717, 1.165) is 17.4 Å². The van der Waals surface area contributed by atoms with Gasteiger partial charge in [0.15, 0.2) is 17.4 Å². The topological polar surface area (TPSA) is 46.4 Å². The molecule has 4 aromatic carbocycles. The molecule has 0 unspecified atom stereocenters. The summed E-state index contributed by atoms with van der Waals surface area (Å²) in [6, 6.07) is 31.8. The largest absolute Gasteiger partial charge is 0.454 e. The third-order valence-electron chi connectivity index (χ3n) is 7.37. The minimum atomic E-state index is -1.65. The maximum atomic E-state index is 15.4. The van der Waals surface area contributed by atoms with Gasteiger partial charge >= 0.3 is 0 Å². The van der Waals surface area contributed by atoms with Crippen LogP contribution in [-0.4, -0.2) is 20.1 Å². The van der Waals surface area contributed by atoms with Gasteiger partial charge in [-0.1, -0.05) is 42.5 Å². The molecule has 0 N–H and O–H groups in total. The lowest BCUT2D eigenvalue weighted by Gasteiger charge is -2.37. The number of ether oxygens (including phenoxy) is 1. The zero-order valence-electron chi connectivity index (χ0n) is 25.8. The molecule has 0 spiro atoms. The second-order valence-electron chi connectivity index (χ2n) is 11.7. The molecule has 0 aliphatic heterocycles. The van der Waals surface area contributed by atoms with Crippen molar-refractivity contribution in [1.82, 2.24) is 14.5 Å². The lowest BCUT2D eigenvalue weighted by atomic mass is 10.0. The number of benzene rings is 4. The van der Waals surface area contributed by atoms with Gasteiger partial charge in [-0.15, -0.1) is 0 Å². The van der Waals surface area contributed by atoms with Crippen molar-refractivity contribution in [3.05, 3.63) is 139 Å². The number of nitrogens with zero attached hydrogens (tertiary/aromatic N) is 5. The lowest BCUT2D eigenvalue weighted by molar-refractivity contribution is 0.395. The van der Waals surface area contributed by atoms with Crippen LogP contribution in [-0.2, 0) is 7.05 Å². The van der Waals surface area contributed by atoms with Crippen LogP contribution in [0, 0.1) is 17.5 Å². The molecule has 2 heterocycles. The van der Waals surface area contributed by atoms with Gasteiger partial charge in [0, 0.05) is 60.4 Å². The maximum absolute atomic E-state index is 15.4. The summed E-state index contributed by atoms with van der Waals surface area (Å²) >= 11 is 0. The Kier molecular flexibility index (Phi) is 8.23. The van der Waals surface area contributed by atoms with E-state index in [1.807, 2.05) is 94.7 Å². The Bertz CT molecular complexity index is 1920. The normalized spacial score (nSPS) is 11.4. The molecule has 9 heteroatoms. The number of aromatic nitrogens is 3. The minimum Gasteiger partial charge on any atom is -0.454 e. The van der Waals surface area contributed by atoms with Crippen molar-refractivity contribution in [2.24, 2.45) is 7.05 Å². The zero-order valence-corrected chi connectivity index (χ0v) is 25.8. The highest BCUT2D eigenvalue weighted by molar-refractivity contribution is 5.81. The Balaban J connectivity index is 1.57. The third-order valence-corrected chi connectivity index (χ3v) is 7.37. The second-order valence-corrected chi connectivity index (χ2v) is 11.7. The number of pyridine rings is 1. The van der Waals surface area contributed by atoms with E-state index in [1.54, 1.807) is 31.6 Å². The first-order chi connectivity index (χ1) is 22.1. The molecule has 46 heavy (non-hydrogen) atoms. The highest BCUT2D eigenvalue weighted by Gasteiger charge is 2.28. The van der Waals surface area contributed by atoms with Crippen LogP contribution in [0.1, 0.15) is 20.8 Å². The standard InChI is InChI=1S/C37H32F3N5O/c1-37(2,3)45(32-17-11-12-18-41-32)28-21-27(44(25-13-7-5-8-14-25)26-15-9-6-10-16-26)22-29(23-28)46-31-24-30(33(38)35(40)34(31)39)36-42-19-20-43(36)4/h5-24H,1-4H3. The second kappa shape index (κ2) is 12.4. The van der Waals surface area contributed by atoms with Crippen molar-refractivity contribution in [3.8, 4) is 22.9 Å². The Morgan fingerprint density at radius 1 is 0.652 bits per heavy atom. The summed E-state index contributed by atoms with van der Waals surface area (Å²) in [6.45, 7) is 6.15. The predicted molar refractivity (Wildman–Crippen MR) is 176 cm³/mol. The highest BCUT2D eigenvalue weighted by Crippen LogP contribution is 2.43. The van der Waals surface area contributed by atoms with Crippen LogP contribution in [0.3, 0.4) is 0 Å². The van der Waals surface area contributed by atoms with Gasteiger partial charge in [0.1, 0.15) is 17.4 Å². The van der Waals surface area contributed by atoms with Crippen molar-refractivity contribution < 1.29 is 17.9 Å². The maximum Gasteiger partial charge on any atom is 0.204 e. The zero-order chi connectivity index (χ0) is 32.4. The van der Waals surface area contributed by atoms with Crippen LogP contribution in [0.15, 0.2) is 122 Å². The van der Waals surface area contributed by atoms with Crippen LogP contribution >= 0.6 is 0 Å². The van der Waals surface area contributed by atoms with E-state index in [4.69, 9.17) is 4.74 Å². The van der Waals surface area contributed by atoms with Crippen molar-refractivity contribution in [2.45, 2.75) is 26.3 Å². The van der Waals surface area contributed by atoms with Gasteiger partial charge in [-0.25, -0.2) is 18.7 Å². The van der Waals surface area contributed by atoms with E-state index in [0.29, 0.717) is 17.2 Å². The number of imidazole rings is 1. The van der Waals surface area contributed by atoms with Gasteiger partial charge in [-0.05, 0) is 69.3 Å². The summed E-state index contributed by atoms with van der Waals surface area (Å²) in [7, 11) is 1.64. The number of aryl methyl sites for hydroxylation is 1. The molecule has 0 saturated heterocycles. The fourth-order valence-corrected chi connectivity index (χ4v) is 5.41. The van der Waals surface area contributed by atoms with Gasteiger partial charge in [-0.3, -0.25) is 0 Å². The molecule has 2 aromatic heterocycles. The molecule has 232 valence electrons. The van der Waals surface area contributed by atoms with Gasteiger partial charge in [0.05, 0.1) is 11.3 Å². The summed E-state index contributed by atoms with van der Waals surface area (Å²) in [5.41, 5.74) is 2.41. The predicted octanol–water partition coefficient (Wildman–Crippen LogP) is 10.1. The Morgan fingerprint density at radius 3 is 1.85 bits per heavy atom. The number of para-hydroxylation sites is 2. The average molecular weight is 620 g/mol. The van der Waals surface area contributed by atoms with Crippen LogP contribution in [0.2, 0.25) is 0 Å². The van der Waals surface area contributed by atoms with E-state index < -0.39 is 28.7 Å². The number of anilines is 5.